The summed E-state index contributed by atoms with van der Waals surface area (Å²) in [4.78, 5) is 17.5. The molecule has 1 aliphatic carbocycles. The number of hydrogen-bond donors (Lipinski definition) is 1. The van der Waals surface area contributed by atoms with E-state index < -0.39 is 0 Å². The van der Waals surface area contributed by atoms with Gasteiger partial charge < -0.3 is 19.5 Å². The van der Waals surface area contributed by atoms with Gasteiger partial charge >= 0.3 is 0 Å². The molecule has 4 fully saturated rings. The number of aromatic hydroxyl groups is 1. The van der Waals surface area contributed by atoms with Crippen LogP contribution in [0.3, 0.4) is 0 Å². The number of phenolic OH excluding ortho intramolecular Hbond substituents is 1. The molecule has 0 radical (unpaired) electrons. The average molecular weight is 384 g/mol. The molecule has 6 nitrogen and oxygen atoms in total. The van der Waals surface area contributed by atoms with Crippen molar-refractivity contribution in [3.63, 3.8) is 0 Å². The normalized spacial score (nSPS) is 42.9. The minimum atomic E-state index is -0.110. The van der Waals surface area contributed by atoms with Crippen LogP contribution in [-0.2, 0) is 14.9 Å². The molecule has 28 heavy (non-hydrogen) atoms. The zero-order valence-corrected chi connectivity index (χ0v) is 16.7. The Kier molecular flexibility index (Phi) is 3.31. The molecule has 2 bridgehead atoms. The molecule has 6 heteroatoms. The monoisotopic (exact) mass is 384 g/mol. The topological polar surface area (TPSA) is 62.2 Å². The molecule has 1 saturated carbocycles. The molecule has 1 aromatic carbocycles. The summed E-state index contributed by atoms with van der Waals surface area (Å²) in [6.07, 6.45) is 2.49. The summed E-state index contributed by atoms with van der Waals surface area (Å²) in [5.41, 5.74) is 1.70. The van der Waals surface area contributed by atoms with E-state index in [1.165, 1.54) is 6.42 Å². The van der Waals surface area contributed by atoms with E-state index in [9.17, 15) is 9.90 Å². The molecular formula is C22H28N2O4. The first-order valence-electron chi connectivity index (χ1n) is 10.5. The first kappa shape index (κ1) is 17.1. The fraction of sp³-hybridized carbons (Fsp3) is 0.682. The number of piperidine rings is 1. The van der Waals surface area contributed by atoms with Crippen LogP contribution < -0.4 is 9.64 Å². The highest BCUT2D eigenvalue weighted by Gasteiger charge is 2.70. The van der Waals surface area contributed by atoms with Crippen molar-refractivity contribution in [3.8, 4) is 11.5 Å². The lowest BCUT2D eigenvalue weighted by Gasteiger charge is -2.60. The number of carbonyl (C=O) groups excluding carboxylic acids is 1. The number of anilines is 1. The molecule has 0 aromatic heterocycles. The standard InChI is InChI=1S/C22H28N2O4/c1-11-14-9-23-7-6-22-16-4-5-17(27-3)20(26)19(16)24(12(2)25)21(22)15(10-28-11)13(14)8-18(22)23/h4-5,11,13-15,18,21,26H,6-10H2,1-3H3. The zero-order valence-electron chi connectivity index (χ0n) is 16.7. The SMILES string of the molecule is COc1ccc2c(c1O)N(C(C)=O)C1C3COC(C)C4CN5CCC21C5CC43. The molecule has 1 spiro atoms. The van der Waals surface area contributed by atoms with Crippen molar-refractivity contribution >= 4 is 11.6 Å². The maximum Gasteiger partial charge on any atom is 0.224 e. The molecule has 4 heterocycles. The molecule has 1 N–H and O–H groups in total. The molecule has 6 rings (SSSR count). The number of methoxy groups -OCH3 is 1. The lowest BCUT2D eigenvalue weighted by molar-refractivity contribution is -0.153. The maximum absolute atomic E-state index is 13.0. The van der Waals surface area contributed by atoms with Gasteiger partial charge in [0.1, 0.15) is 0 Å². The Morgan fingerprint density at radius 3 is 2.89 bits per heavy atom. The third-order valence-corrected chi connectivity index (χ3v) is 8.67. The molecule has 7 unspecified atom stereocenters. The predicted octanol–water partition coefficient (Wildman–Crippen LogP) is 2.13. The van der Waals surface area contributed by atoms with Crippen molar-refractivity contribution in [2.24, 2.45) is 17.8 Å². The highest BCUT2D eigenvalue weighted by atomic mass is 16.5. The smallest absolute Gasteiger partial charge is 0.224 e. The van der Waals surface area contributed by atoms with E-state index in [4.69, 9.17) is 9.47 Å². The van der Waals surface area contributed by atoms with Crippen LogP contribution in [0.4, 0.5) is 5.69 Å². The van der Waals surface area contributed by atoms with Gasteiger partial charge in [-0.15, -0.1) is 0 Å². The summed E-state index contributed by atoms with van der Waals surface area (Å²) in [7, 11) is 1.56. The second-order valence-corrected chi connectivity index (χ2v) is 9.41. The van der Waals surface area contributed by atoms with E-state index in [-0.39, 0.29) is 29.2 Å². The van der Waals surface area contributed by atoms with Gasteiger partial charge in [0.25, 0.3) is 0 Å². The number of nitrogens with zero attached hydrogens (tertiary/aromatic N) is 2. The number of carbonyl (C=O) groups is 1. The number of fused-ring (bicyclic) bond motifs is 2. The number of ether oxygens (including phenoxy) is 2. The average Bonchev–Trinajstić information content (AvgIpc) is 3.21. The van der Waals surface area contributed by atoms with Crippen LogP contribution in [0.15, 0.2) is 12.1 Å². The number of amides is 1. The fourth-order valence-corrected chi connectivity index (χ4v) is 7.68. The van der Waals surface area contributed by atoms with Gasteiger partial charge in [0.15, 0.2) is 11.5 Å². The Bertz CT molecular complexity index is 872. The third kappa shape index (κ3) is 1.75. The van der Waals surface area contributed by atoms with Gasteiger partial charge in [-0.25, -0.2) is 0 Å². The van der Waals surface area contributed by atoms with E-state index in [1.54, 1.807) is 14.0 Å². The van der Waals surface area contributed by atoms with Gasteiger partial charge in [-0.1, -0.05) is 6.07 Å². The molecule has 7 atom stereocenters. The second kappa shape index (κ2) is 5.42. The van der Waals surface area contributed by atoms with Gasteiger partial charge in [0.2, 0.25) is 5.91 Å². The van der Waals surface area contributed by atoms with Crippen LogP contribution in [0.25, 0.3) is 0 Å². The number of benzene rings is 1. The Labute approximate surface area is 165 Å². The molecule has 5 aliphatic rings. The summed E-state index contributed by atoms with van der Waals surface area (Å²) in [6.45, 7) is 6.70. The van der Waals surface area contributed by atoms with E-state index in [0.29, 0.717) is 41.8 Å². The van der Waals surface area contributed by atoms with E-state index in [1.807, 2.05) is 11.0 Å². The number of rotatable bonds is 1. The Morgan fingerprint density at radius 1 is 1.32 bits per heavy atom. The quantitative estimate of drug-likeness (QED) is 0.804. The minimum absolute atomic E-state index is 0.000253. The molecule has 1 amide bonds. The third-order valence-electron chi connectivity index (χ3n) is 8.67. The van der Waals surface area contributed by atoms with Gasteiger partial charge in [-0.05, 0) is 43.9 Å². The number of phenols is 1. The second-order valence-electron chi connectivity index (χ2n) is 9.41. The Morgan fingerprint density at radius 2 is 2.14 bits per heavy atom. The first-order valence-corrected chi connectivity index (χ1v) is 10.5. The van der Waals surface area contributed by atoms with Crippen molar-refractivity contribution in [1.82, 2.24) is 4.90 Å². The lowest BCUT2D eigenvalue weighted by Crippen LogP contribution is -2.69. The van der Waals surface area contributed by atoms with Crippen molar-refractivity contribution in [2.45, 2.75) is 50.3 Å². The van der Waals surface area contributed by atoms with Crippen LogP contribution in [-0.4, -0.2) is 60.9 Å². The maximum atomic E-state index is 13.0. The van der Waals surface area contributed by atoms with E-state index >= 15 is 0 Å². The Hall–Kier alpha value is -1.79. The fourth-order valence-electron chi connectivity index (χ4n) is 7.68. The van der Waals surface area contributed by atoms with Crippen molar-refractivity contribution in [1.29, 1.82) is 0 Å². The van der Waals surface area contributed by atoms with Crippen molar-refractivity contribution in [2.75, 3.05) is 31.7 Å². The molecule has 150 valence electrons. The largest absolute Gasteiger partial charge is 0.503 e. The summed E-state index contributed by atoms with van der Waals surface area (Å²) < 4.78 is 11.6. The van der Waals surface area contributed by atoms with Crippen LogP contribution in [0.1, 0.15) is 32.3 Å². The highest BCUT2D eigenvalue weighted by Crippen LogP contribution is 2.66. The number of hydrogen-bond acceptors (Lipinski definition) is 5. The van der Waals surface area contributed by atoms with Crippen LogP contribution in [0.2, 0.25) is 0 Å². The van der Waals surface area contributed by atoms with Crippen LogP contribution in [0, 0.1) is 17.8 Å². The summed E-state index contributed by atoms with van der Waals surface area (Å²) >= 11 is 0. The van der Waals surface area contributed by atoms with Gasteiger partial charge in [0, 0.05) is 36.8 Å². The van der Waals surface area contributed by atoms with E-state index in [2.05, 4.69) is 17.9 Å². The van der Waals surface area contributed by atoms with Crippen LogP contribution in [0.5, 0.6) is 11.5 Å². The summed E-state index contributed by atoms with van der Waals surface area (Å²) in [5.74, 6) is 1.98. The lowest BCUT2D eigenvalue weighted by atomic mass is 9.53. The highest BCUT2D eigenvalue weighted by molar-refractivity contribution is 5.98. The molecule has 1 aromatic rings. The van der Waals surface area contributed by atoms with Gasteiger partial charge in [0.05, 0.1) is 31.5 Å². The molecular weight excluding hydrogens is 356 g/mol. The Balaban J connectivity index is 1.61. The van der Waals surface area contributed by atoms with Gasteiger partial charge in [-0.3, -0.25) is 9.69 Å². The van der Waals surface area contributed by atoms with Crippen LogP contribution >= 0.6 is 0 Å². The molecule has 4 aliphatic heterocycles. The molecule has 3 saturated heterocycles. The predicted molar refractivity (Wildman–Crippen MR) is 104 cm³/mol. The minimum Gasteiger partial charge on any atom is -0.503 e. The van der Waals surface area contributed by atoms with Gasteiger partial charge in [-0.2, -0.15) is 0 Å². The van der Waals surface area contributed by atoms with Crippen molar-refractivity contribution < 1.29 is 19.4 Å². The van der Waals surface area contributed by atoms with E-state index in [0.717, 1.165) is 25.1 Å². The first-order chi connectivity index (χ1) is 13.5. The zero-order chi connectivity index (χ0) is 19.4. The van der Waals surface area contributed by atoms with Crippen molar-refractivity contribution in [3.05, 3.63) is 17.7 Å². The summed E-state index contributed by atoms with van der Waals surface area (Å²) in [5, 5.41) is 11.0. The summed E-state index contributed by atoms with van der Waals surface area (Å²) in [6, 6.07) is 4.47.